The van der Waals surface area contributed by atoms with Gasteiger partial charge in [0.1, 0.15) is 6.04 Å². The molecule has 0 radical (unpaired) electrons. The van der Waals surface area contributed by atoms with Gasteiger partial charge in [-0.25, -0.2) is 0 Å². The Morgan fingerprint density at radius 3 is 2.79 bits per heavy atom. The molecule has 1 heterocycles. The third-order valence-corrected chi connectivity index (χ3v) is 2.60. The minimum atomic E-state index is -0.0408. The van der Waals surface area contributed by atoms with Crippen LogP contribution in [0.4, 0.5) is 0 Å². The molecule has 0 aliphatic carbocycles. The molecule has 0 aromatic heterocycles. The molecule has 3 nitrogen and oxygen atoms in total. The van der Waals surface area contributed by atoms with Crippen LogP contribution < -0.4 is 0 Å². The molecule has 0 N–H and O–H groups in total. The molecule has 1 aliphatic rings. The van der Waals surface area contributed by atoms with Gasteiger partial charge in [0.2, 0.25) is 0 Å². The van der Waals surface area contributed by atoms with Crippen molar-refractivity contribution in [3.8, 4) is 0 Å². The predicted molar refractivity (Wildman–Crippen MR) is 56.1 cm³/mol. The molecule has 1 fully saturated rings. The van der Waals surface area contributed by atoms with E-state index in [-0.39, 0.29) is 12.0 Å². The summed E-state index contributed by atoms with van der Waals surface area (Å²) in [4.78, 5) is 13.8. The lowest BCUT2D eigenvalue weighted by Gasteiger charge is -2.30. The van der Waals surface area contributed by atoms with E-state index in [0.717, 1.165) is 19.4 Å². The van der Waals surface area contributed by atoms with Gasteiger partial charge in [-0.3, -0.25) is 9.69 Å². The summed E-state index contributed by atoms with van der Waals surface area (Å²) in [5.74, 6) is 0.383. The average molecular weight is 199 g/mol. The van der Waals surface area contributed by atoms with Gasteiger partial charge >= 0.3 is 5.97 Å². The molecule has 0 aromatic carbocycles. The van der Waals surface area contributed by atoms with E-state index in [2.05, 4.69) is 18.7 Å². The van der Waals surface area contributed by atoms with Gasteiger partial charge in [0.05, 0.1) is 6.61 Å². The van der Waals surface area contributed by atoms with Crippen molar-refractivity contribution < 1.29 is 9.53 Å². The van der Waals surface area contributed by atoms with Gasteiger partial charge in [-0.05, 0) is 32.4 Å². The van der Waals surface area contributed by atoms with Crippen LogP contribution in [0.15, 0.2) is 0 Å². The minimum absolute atomic E-state index is 0.00231. The summed E-state index contributed by atoms with van der Waals surface area (Å²) in [6, 6.07) is 0.00231. The van der Waals surface area contributed by atoms with Crippen molar-refractivity contribution >= 4 is 5.97 Å². The van der Waals surface area contributed by atoms with Crippen molar-refractivity contribution in [2.45, 2.75) is 39.2 Å². The first-order chi connectivity index (χ1) is 6.61. The number of esters is 1. The number of ether oxygens (including phenoxy) is 1. The third kappa shape index (κ3) is 3.29. The quantitative estimate of drug-likeness (QED) is 0.648. The summed E-state index contributed by atoms with van der Waals surface area (Å²) in [7, 11) is 2.00. The largest absolute Gasteiger partial charge is 0.464 e. The highest BCUT2D eigenvalue weighted by Gasteiger charge is 2.27. The van der Waals surface area contributed by atoms with Crippen molar-refractivity contribution in [2.24, 2.45) is 5.92 Å². The van der Waals surface area contributed by atoms with E-state index < -0.39 is 0 Å². The maximum Gasteiger partial charge on any atom is 0.323 e. The van der Waals surface area contributed by atoms with Crippen molar-refractivity contribution in [2.75, 3.05) is 20.2 Å². The zero-order valence-corrected chi connectivity index (χ0v) is 9.45. The monoisotopic (exact) mass is 199 g/mol. The molecule has 14 heavy (non-hydrogen) atoms. The Bertz CT molecular complexity index is 192. The van der Waals surface area contributed by atoms with E-state index in [9.17, 15) is 4.79 Å². The van der Waals surface area contributed by atoms with Crippen LogP contribution in [0.5, 0.6) is 0 Å². The fourth-order valence-corrected chi connectivity index (χ4v) is 1.72. The van der Waals surface area contributed by atoms with E-state index in [0.29, 0.717) is 12.5 Å². The number of carbonyl (C=O) groups excluding carboxylic acids is 1. The number of piperidine rings is 1. The van der Waals surface area contributed by atoms with E-state index in [1.807, 2.05) is 7.05 Å². The van der Waals surface area contributed by atoms with E-state index in [4.69, 9.17) is 4.74 Å². The van der Waals surface area contributed by atoms with Gasteiger partial charge in [0, 0.05) is 0 Å². The van der Waals surface area contributed by atoms with Gasteiger partial charge in [0.15, 0.2) is 0 Å². The number of carbonyl (C=O) groups is 1. The Labute approximate surface area is 86.4 Å². The Hall–Kier alpha value is -0.570. The smallest absolute Gasteiger partial charge is 0.323 e. The van der Waals surface area contributed by atoms with Crippen molar-refractivity contribution in [1.29, 1.82) is 0 Å². The van der Waals surface area contributed by atoms with Crippen LogP contribution in [0.1, 0.15) is 33.1 Å². The molecular weight excluding hydrogens is 178 g/mol. The molecule has 1 atom stereocenters. The summed E-state index contributed by atoms with van der Waals surface area (Å²) in [5, 5.41) is 0. The Morgan fingerprint density at radius 2 is 2.21 bits per heavy atom. The van der Waals surface area contributed by atoms with Crippen molar-refractivity contribution in [3.05, 3.63) is 0 Å². The highest BCUT2D eigenvalue weighted by molar-refractivity contribution is 5.75. The third-order valence-electron chi connectivity index (χ3n) is 2.60. The van der Waals surface area contributed by atoms with Gasteiger partial charge in [-0.15, -0.1) is 0 Å². The van der Waals surface area contributed by atoms with Crippen LogP contribution in [0.25, 0.3) is 0 Å². The fourth-order valence-electron chi connectivity index (χ4n) is 1.72. The van der Waals surface area contributed by atoms with Crippen LogP contribution in [0.3, 0.4) is 0 Å². The first kappa shape index (κ1) is 11.5. The maximum atomic E-state index is 11.6. The van der Waals surface area contributed by atoms with Crippen LogP contribution >= 0.6 is 0 Å². The summed E-state index contributed by atoms with van der Waals surface area (Å²) in [5.41, 5.74) is 0. The predicted octanol–water partition coefficient (Wildman–Crippen LogP) is 1.67. The molecule has 1 rings (SSSR count). The van der Waals surface area contributed by atoms with Crippen molar-refractivity contribution in [3.63, 3.8) is 0 Å². The summed E-state index contributed by atoms with van der Waals surface area (Å²) in [6.45, 7) is 5.67. The standard InChI is InChI=1S/C11H21NO2/c1-9(2)8-14-11(13)10-6-4-5-7-12(10)3/h9-10H,4-8H2,1-3H3. The lowest BCUT2D eigenvalue weighted by atomic mass is 10.0. The van der Waals surface area contributed by atoms with Gasteiger partial charge < -0.3 is 4.74 Å². The lowest BCUT2D eigenvalue weighted by Crippen LogP contribution is -2.43. The Balaban J connectivity index is 2.34. The normalized spacial score (nSPS) is 23.9. The molecule has 0 spiro atoms. The van der Waals surface area contributed by atoms with Crippen LogP contribution in [-0.4, -0.2) is 37.1 Å². The van der Waals surface area contributed by atoms with E-state index >= 15 is 0 Å². The maximum absolute atomic E-state index is 11.6. The summed E-state index contributed by atoms with van der Waals surface area (Å²) >= 11 is 0. The number of likely N-dealkylation sites (N-methyl/N-ethyl adjacent to an activating group) is 1. The second-order valence-electron chi connectivity index (χ2n) is 4.52. The number of hydrogen-bond donors (Lipinski definition) is 0. The molecule has 1 aliphatic heterocycles. The second kappa shape index (κ2) is 5.35. The molecule has 0 amide bonds. The number of likely N-dealkylation sites (tertiary alicyclic amines) is 1. The zero-order valence-electron chi connectivity index (χ0n) is 9.45. The van der Waals surface area contributed by atoms with Crippen LogP contribution in [0.2, 0.25) is 0 Å². The van der Waals surface area contributed by atoms with Gasteiger partial charge in [-0.1, -0.05) is 20.3 Å². The highest BCUT2D eigenvalue weighted by atomic mass is 16.5. The van der Waals surface area contributed by atoms with E-state index in [1.165, 1.54) is 6.42 Å². The van der Waals surface area contributed by atoms with E-state index in [1.54, 1.807) is 0 Å². The Morgan fingerprint density at radius 1 is 1.50 bits per heavy atom. The molecule has 1 saturated heterocycles. The highest BCUT2D eigenvalue weighted by Crippen LogP contribution is 2.16. The molecule has 0 bridgehead atoms. The molecule has 82 valence electrons. The molecule has 1 unspecified atom stereocenters. The van der Waals surface area contributed by atoms with Crippen LogP contribution in [-0.2, 0) is 9.53 Å². The summed E-state index contributed by atoms with van der Waals surface area (Å²) in [6.07, 6.45) is 3.30. The molecular formula is C11H21NO2. The minimum Gasteiger partial charge on any atom is -0.464 e. The Kier molecular flexibility index (Phi) is 4.39. The van der Waals surface area contributed by atoms with Crippen LogP contribution in [0, 0.1) is 5.92 Å². The van der Waals surface area contributed by atoms with Gasteiger partial charge in [-0.2, -0.15) is 0 Å². The zero-order chi connectivity index (χ0) is 10.6. The van der Waals surface area contributed by atoms with Gasteiger partial charge in [0.25, 0.3) is 0 Å². The molecule has 3 heteroatoms. The molecule has 0 saturated carbocycles. The number of nitrogens with zero attached hydrogens (tertiary/aromatic N) is 1. The second-order valence-corrected chi connectivity index (χ2v) is 4.52. The van der Waals surface area contributed by atoms with Crippen molar-refractivity contribution in [1.82, 2.24) is 4.90 Å². The first-order valence-electron chi connectivity index (χ1n) is 5.48. The first-order valence-corrected chi connectivity index (χ1v) is 5.48. The number of rotatable bonds is 3. The fraction of sp³-hybridized carbons (Fsp3) is 0.909. The molecule has 0 aromatic rings. The SMILES string of the molecule is CC(C)COC(=O)C1CCCCN1C. The average Bonchev–Trinajstić information content (AvgIpc) is 2.15. The topological polar surface area (TPSA) is 29.5 Å². The summed E-state index contributed by atoms with van der Waals surface area (Å²) < 4.78 is 5.23. The lowest BCUT2D eigenvalue weighted by molar-refractivity contribution is -0.151. The number of hydrogen-bond acceptors (Lipinski definition) is 3.